The Hall–Kier alpha value is -1.23. The fraction of sp³-hybridized carbons (Fsp3) is 0.727. The van der Waals surface area contributed by atoms with Gasteiger partial charge in [0.1, 0.15) is 0 Å². The van der Waals surface area contributed by atoms with E-state index in [-0.39, 0.29) is 6.04 Å². The molecule has 1 unspecified atom stereocenters. The molecule has 0 aliphatic carbocycles. The molecule has 1 aromatic heterocycles. The Morgan fingerprint density at radius 1 is 1.56 bits per heavy atom. The van der Waals surface area contributed by atoms with E-state index in [0.29, 0.717) is 18.2 Å². The number of nitrogen functional groups attached to an aromatic ring is 1. The van der Waals surface area contributed by atoms with Crippen LogP contribution in [-0.4, -0.2) is 29.0 Å². The maximum atomic E-state index is 5.83. The Morgan fingerprint density at radius 2 is 2.25 bits per heavy atom. The van der Waals surface area contributed by atoms with E-state index in [2.05, 4.69) is 24.3 Å². The minimum absolute atomic E-state index is 0.233. The smallest absolute Gasteiger partial charge is 0.171 e. The molecule has 3 N–H and O–H groups in total. The molecular weight excluding hydrogens is 204 g/mol. The fourth-order valence-electron chi connectivity index (χ4n) is 1.44. The Labute approximate surface area is 97.0 Å². The lowest BCUT2D eigenvalue weighted by Crippen LogP contribution is -2.31. The van der Waals surface area contributed by atoms with Crippen LogP contribution in [0, 0.1) is 5.92 Å². The number of hydrogen-bond acceptors (Lipinski definition) is 4. The van der Waals surface area contributed by atoms with Crippen molar-refractivity contribution in [3.8, 4) is 0 Å². The number of nitrogens with zero attached hydrogens (tertiary/aromatic N) is 2. The van der Waals surface area contributed by atoms with E-state index in [0.717, 1.165) is 12.4 Å². The van der Waals surface area contributed by atoms with Gasteiger partial charge >= 0.3 is 0 Å². The molecular formula is C11H22N4O. The predicted molar refractivity (Wildman–Crippen MR) is 66.4 cm³/mol. The second-order valence-corrected chi connectivity index (χ2v) is 4.26. The lowest BCUT2D eigenvalue weighted by atomic mass is 10.1. The topological polar surface area (TPSA) is 65.1 Å². The third kappa shape index (κ3) is 3.41. The van der Waals surface area contributed by atoms with Crippen LogP contribution in [0.1, 0.15) is 20.8 Å². The fourth-order valence-corrected chi connectivity index (χ4v) is 1.44. The third-order valence-corrected chi connectivity index (χ3v) is 2.49. The van der Waals surface area contributed by atoms with Crippen LogP contribution < -0.4 is 11.1 Å². The standard InChI is InChI=1S/C11H22N4O/c1-5-16-7-10(8(2)3)13-11-9(12)6-15(4)14-11/h6,8,10H,5,7,12H2,1-4H3,(H,13,14). The molecule has 0 fully saturated rings. The first-order chi connectivity index (χ1) is 7.54. The van der Waals surface area contributed by atoms with E-state index in [1.165, 1.54) is 0 Å². The summed E-state index contributed by atoms with van der Waals surface area (Å²) in [6.07, 6.45) is 1.79. The second-order valence-electron chi connectivity index (χ2n) is 4.26. The molecule has 0 aliphatic rings. The minimum atomic E-state index is 0.233. The number of hydrogen-bond donors (Lipinski definition) is 2. The average Bonchev–Trinajstić information content (AvgIpc) is 2.51. The van der Waals surface area contributed by atoms with Gasteiger partial charge in [0, 0.05) is 19.9 Å². The Bertz CT molecular complexity index is 322. The van der Waals surface area contributed by atoms with Crippen LogP contribution in [-0.2, 0) is 11.8 Å². The summed E-state index contributed by atoms with van der Waals surface area (Å²) in [5, 5.41) is 7.59. The maximum Gasteiger partial charge on any atom is 0.171 e. The van der Waals surface area contributed by atoms with Gasteiger partial charge in [0.2, 0.25) is 0 Å². The van der Waals surface area contributed by atoms with Crippen LogP contribution in [0.25, 0.3) is 0 Å². The molecule has 0 radical (unpaired) electrons. The molecule has 0 saturated heterocycles. The molecule has 5 nitrogen and oxygen atoms in total. The van der Waals surface area contributed by atoms with Gasteiger partial charge in [-0.2, -0.15) is 5.10 Å². The predicted octanol–water partition coefficient (Wildman–Crippen LogP) is 1.48. The normalized spacial score (nSPS) is 13.1. The van der Waals surface area contributed by atoms with Crippen LogP contribution in [0.3, 0.4) is 0 Å². The molecule has 1 aromatic rings. The van der Waals surface area contributed by atoms with Gasteiger partial charge in [-0.1, -0.05) is 13.8 Å². The molecule has 1 atom stereocenters. The summed E-state index contributed by atoms with van der Waals surface area (Å²) >= 11 is 0. The van der Waals surface area contributed by atoms with E-state index in [9.17, 15) is 0 Å². The van der Waals surface area contributed by atoms with E-state index in [1.807, 2.05) is 14.0 Å². The first-order valence-electron chi connectivity index (χ1n) is 5.68. The lowest BCUT2D eigenvalue weighted by molar-refractivity contribution is 0.126. The van der Waals surface area contributed by atoms with Gasteiger partial charge in [0.15, 0.2) is 5.82 Å². The molecule has 16 heavy (non-hydrogen) atoms. The van der Waals surface area contributed by atoms with Crippen molar-refractivity contribution in [3.63, 3.8) is 0 Å². The summed E-state index contributed by atoms with van der Waals surface area (Å²) in [7, 11) is 1.86. The van der Waals surface area contributed by atoms with E-state index in [1.54, 1.807) is 10.9 Å². The largest absolute Gasteiger partial charge is 0.394 e. The van der Waals surface area contributed by atoms with Crippen molar-refractivity contribution in [2.45, 2.75) is 26.8 Å². The Morgan fingerprint density at radius 3 is 2.69 bits per heavy atom. The van der Waals surface area contributed by atoms with Crippen LogP contribution in [0.4, 0.5) is 11.5 Å². The van der Waals surface area contributed by atoms with Gasteiger partial charge in [-0.25, -0.2) is 0 Å². The van der Waals surface area contributed by atoms with E-state index < -0.39 is 0 Å². The number of nitrogens with one attached hydrogen (secondary N) is 1. The van der Waals surface area contributed by atoms with Gasteiger partial charge in [0.25, 0.3) is 0 Å². The number of ether oxygens (including phenoxy) is 1. The molecule has 0 aromatic carbocycles. The molecule has 92 valence electrons. The highest BCUT2D eigenvalue weighted by Gasteiger charge is 2.16. The van der Waals surface area contributed by atoms with Crippen molar-refractivity contribution in [2.75, 3.05) is 24.3 Å². The van der Waals surface area contributed by atoms with Crippen molar-refractivity contribution in [1.82, 2.24) is 9.78 Å². The maximum absolute atomic E-state index is 5.83. The first kappa shape index (κ1) is 12.8. The van der Waals surface area contributed by atoms with E-state index >= 15 is 0 Å². The zero-order valence-electron chi connectivity index (χ0n) is 10.5. The van der Waals surface area contributed by atoms with Gasteiger partial charge < -0.3 is 15.8 Å². The SMILES string of the molecule is CCOCC(Nc1nn(C)cc1N)C(C)C. The quantitative estimate of drug-likeness (QED) is 0.771. The highest BCUT2D eigenvalue weighted by molar-refractivity contribution is 5.60. The number of nitrogens with two attached hydrogens (primary N) is 1. The van der Waals surface area contributed by atoms with E-state index in [4.69, 9.17) is 10.5 Å². The first-order valence-corrected chi connectivity index (χ1v) is 5.68. The third-order valence-electron chi connectivity index (χ3n) is 2.49. The zero-order chi connectivity index (χ0) is 12.1. The highest BCUT2D eigenvalue weighted by atomic mass is 16.5. The molecule has 0 aliphatic heterocycles. The molecule has 5 heteroatoms. The van der Waals surface area contributed by atoms with Crippen molar-refractivity contribution in [1.29, 1.82) is 0 Å². The summed E-state index contributed by atoms with van der Waals surface area (Å²) < 4.78 is 7.14. The molecule has 1 rings (SSSR count). The van der Waals surface area contributed by atoms with Gasteiger partial charge in [-0.15, -0.1) is 0 Å². The molecule has 0 spiro atoms. The van der Waals surface area contributed by atoms with Crippen molar-refractivity contribution < 1.29 is 4.74 Å². The lowest BCUT2D eigenvalue weighted by Gasteiger charge is -2.22. The highest BCUT2D eigenvalue weighted by Crippen LogP contribution is 2.18. The van der Waals surface area contributed by atoms with Crippen molar-refractivity contribution >= 4 is 11.5 Å². The molecule has 0 bridgehead atoms. The number of aryl methyl sites for hydroxylation is 1. The van der Waals surface area contributed by atoms with Crippen molar-refractivity contribution in [3.05, 3.63) is 6.20 Å². The molecule has 1 heterocycles. The molecule has 0 amide bonds. The van der Waals surface area contributed by atoms with Crippen LogP contribution in [0.15, 0.2) is 6.20 Å². The van der Waals surface area contributed by atoms with Crippen molar-refractivity contribution in [2.24, 2.45) is 13.0 Å². The van der Waals surface area contributed by atoms with Crippen LogP contribution in [0.5, 0.6) is 0 Å². The zero-order valence-corrected chi connectivity index (χ0v) is 10.5. The summed E-state index contributed by atoms with van der Waals surface area (Å²) in [5.74, 6) is 1.20. The van der Waals surface area contributed by atoms with Crippen LogP contribution >= 0.6 is 0 Å². The Kier molecular flexibility index (Phi) is 4.61. The number of rotatable bonds is 6. The summed E-state index contributed by atoms with van der Waals surface area (Å²) in [6.45, 7) is 7.69. The monoisotopic (exact) mass is 226 g/mol. The summed E-state index contributed by atoms with van der Waals surface area (Å²) in [4.78, 5) is 0. The van der Waals surface area contributed by atoms with Gasteiger partial charge in [-0.3, -0.25) is 4.68 Å². The summed E-state index contributed by atoms with van der Waals surface area (Å²) in [6, 6.07) is 0.233. The number of aromatic nitrogens is 2. The summed E-state index contributed by atoms with van der Waals surface area (Å²) in [5.41, 5.74) is 6.50. The molecule has 0 saturated carbocycles. The Balaban J connectivity index is 2.64. The second kappa shape index (κ2) is 5.75. The van der Waals surface area contributed by atoms with Gasteiger partial charge in [-0.05, 0) is 12.8 Å². The van der Waals surface area contributed by atoms with Gasteiger partial charge in [0.05, 0.1) is 18.3 Å². The number of anilines is 2. The minimum Gasteiger partial charge on any atom is -0.394 e. The average molecular weight is 226 g/mol. The van der Waals surface area contributed by atoms with Crippen LogP contribution in [0.2, 0.25) is 0 Å².